The number of rotatable bonds is 5. The highest BCUT2D eigenvalue weighted by Crippen LogP contribution is 2.26. The Labute approximate surface area is 139 Å². The number of hydrogen-bond acceptors (Lipinski definition) is 4. The molecule has 1 aromatic carbocycles. The quantitative estimate of drug-likeness (QED) is 0.651. The largest absolute Gasteiger partial charge is 0.337 e. The van der Waals surface area contributed by atoms with Gasteiger partial charge in [0.1, 0.15) is 13.7 Å². The molecule has 0 bridgehead atoms. The van der Waals surface area contributed by atoms with E-state index in [1.54, 1.807) is 20.0 Å². The van der Waals surface area contributed by atoms with Crippen molar-refractivity contribution in [3.8, 4) is 0 Å². The van der Waals surface area contributed by atoms with E-state index < -0.39 is 23.0 Å². The first-order chi connectivity index (χ1) is 11.3. The molecule has 8 heteroatoms. The van der Waals surface area contributed by atoms with Crippen molar-refractivity contribution in [1.82, 2.24) is 10.5 Å². The van der Waals surface area contributed by atoms with E-state index in [-0.39, 0.29) is 17.9 Å². The van der Waals surface area contributed by atoms with Crippen LogP contribution in [0.25, 0.3) is 0 Å². The summed E-state index contributed by atoms with van der Waals surface area (Å²) in [6, 6.07) is 2.86. The number of carbonyl (C=O) groups excluding carboxylic acids is 1. The molecule has 0 saturated carbocycles. The number of pyridine rings is 1. The van der Waals surface area contributed by atoms with E-state index in [9.17, 15) is 13.6 Å². The monoisotopic (exact) mass is 331 g/mol. The van der Waals surface area contributed by atoms with Crippen LogP contribution in [-0.4, -0.2) is 25.3 Å². The van der Waals surface area contributed by atoms with Gasteiger partial charge in [-0.05, 0) is 31.9 Å². The Balaban J connectivity index is 2.50. The molecule has 0 atom stereocenters. The van der Waals surface area contributed by atoms with Crippen molar-refractivity contribution in [2.75, 3.05) is 11.9 Å². The van der Waals surface area contributed by atoms with E-state index in [1.165, 1.54) is 0 Å². The Kier molecular flexibility index (Phi) is 5.51. The molecule has 124 valence electrons. The van der Waals surface area contributed by atoms with E-state index in [2.05, 4.69) is 15.8 Å². The lowest BCUT2D eigenvalue weighted by atomic mass is 9.92. The van der Waals surface area contributed by atoms with Crippen molar-refractivity contribution in [3.05, 3.63) is 46.7 Å². The first-order valence-electron chi connectivity index (χ1n) is 7.25. The summed E-state index contributed by atoms with van der Waals surface area (Å²) in [4.78, 5) is 21.1. The number of hydroxylamine groups is 1. The standard InChI is InChI=1S/C16H16BF2N3O2/c1-4-24-22-16(23)10-6-11(17)12(18)13(19)14(10)21-15-9(3)5-8(2)7-20-15/h5-7H,4H2,1-3H3,(H,20,21)(H,22,23). The number of carbonyl (C=O) groups is 1. The molecule has 2 N–H and O–H groups in total. The van der Waals surface area contributed by atoms with Crippen LogP contribution >= 0.6 is 0 Å². The zero-order valence-electron chi connectivity index (χ0n) is 13.5. The van der Waals surface area contributed by atoms with Crippen molar-refractivity contribution in [2.45, 2.75) is 20.8 Å². The van der Waals surface area contributed by atoms with Crippen LogP contribution < -0.4 is 16.3 Å². The maximum absolute atomic E-state index is 14.3. The van der Waals surface area contributed by atoms with Crippen LogP contribution in [0.4, 0.5) is 20.3 Å². The zero-order valence-corrected chi connectivity index (χ0v) is 13.5. The summed E-state index contributed by atoms with van der Waals surface area (Å²) in [5.41, 5.74) is 2.72. The topological polar surface area (TPSA) is 63.2 Å². The highest BCUT2D eigenvalue weighted by molar-refractivity contribution is 6.33. The summed E-state index contributed by atoms with van der Waals surface area (Å²) in [5, 5.41) is 2.66. The van der Waals surface area contributed by atoms with Crippen molar-refractivity contribution in [2.24, 2.45) is 0 Å². The average molecular weight is 331 g/mol. The van der Waals surface area contributed by atoms with Crippen molar-refractivity contribution in [3.63, 3.8) is 0 Å². The fourth-order valence-corrected chi connectivity index (χ4v) is 2.10. The first-order valence-corrected chi connectivity index (χ1v) is 7.25. The second kappa shape index (κ2) is 7.40. The Morgan fingerprint density at radius 3 is 2.62 bits per heavy atom. The molecule has 0 unspecified atom stereocenters. The average Bonchev–Trinajstić information content (AvgIpc) is 2.54. The highest BCUT2D eigenvalue weighted by atomic mass is 19.2. The number of hydrogen-bond donors (Lipinski definition) is 2. The van der Waals surface area contributed by atoms with E-state index in [0.717, 1.165) is 11.6 Å². The van der Waals surface area contributed by atoms with Gasteiger partial charge in [0.15, 0.2) is 11.6 Å². The predicted molar refractivity (Wildman–Crippen MR) is 87.8 cm³/mol. The van der Waals surface area contributed by atoms with Crippen molar-refractivity contribution >= 4 is 30.7 Å². The van der Waals surface area contributed by atoms with Gasteiger partial charge in [-0.15, -0.1) is 0 Å². The van der Waals surface area contributed by atoms with Gasteiger partial charge in [0.2, 0.25) is 0 Å². The lowest BCUT2D eigenvalue weighted by Crippen LogP contribution is -2.27. The molecule has 2 aromatic rings. The SMILES string of the molecule is [B]c1cc(C(=O)NOCC)c(Nc2ncc(C)cc2C)c(F)c1F. The summed E-state index contributed by atoms with van der Waals surface area (Å²) in [6.07, 6.45) is 1.57. The fourth-order valence-electron chi connectivity index (χ4n) is 2.10. The minimum Gasteiger partial charge on any atom is -0.337 e. The van der Waals surface area contributed by atoms with Gasteiger partial charge in [0, 0.05) is 6.20 Å². The molecule has 1 amide bonds. The van der Waals surface area contributed by atoms with Crippen LogP contribution in [0.5, 0.6) is 0 Å². The predicted octanol–water partition coefficient (Wildman–Crippen LogP) is 2.20. The Morgan fingerprint density at radius 1 is 1.29 bits per heavy atom. The normalized spacial score (nSPS) is 10.5. The van der Waals surface area contributed by atoms with E-state index in [4.69, 9.17) is 12.7 Å². The van der Waals surface area contributed by atoms with Gasteiger partial charge in [-0.25, -0.2) is 19.2 Å². The van der Waals surface area contributed by atoms with E-state index >= 15 is 0 Å². The van der Waals surface area contributed by atoms with E-state index in [0.29, 0.717) is 11.4 Å². The molecule has 5 nitrogen and oxygen atoms in total. The van der Waals surface area contributed by atoms with Gasteiger partial charge in [-0.1, -0.05) is 17.6 Å². The minimum absolute atomic E-state index is 0.193. The van der Waals surface area contributed by atoms with Crippen molar-refractivity contribution in [1.29, 1.82) is 0 Å². The van der Waals surface area contributed by atoms with Crippen LogP contribution in [0.3, 0.4) is 0 Å². The van der Waals surface area contributed by atoms with Crippen LogP contribution in [0.15, 0.2) is 18.3 Å². The molecule has 24 heavy (non-hydrogen) atoms. The number of nitrogens with one attached hydrogen (secondary N) is 2. The molecular weight excluding hydrogens is 315 g/mol. The first kappa shape index (κ1) is 17.9. The third-order valence-corrected chi connectivity index (χ3v) is 3.25. The van der Waals surface area contributed by atoms with Crippen molar-refractivity contribution < 1.29 is 18.4 Å². The summed E-state index contributed by atoms with van der Waals surface area (Å²) in [6.45, 7) is 5.49. The van der Waals surface area contributed by atoms with E-state index in [1.807, 2.05) is 13.0 Å². The molecule has 2 rings (SSSR count). The summed E-state index contributed by atoms with van der Waals surface area (Å²) in [5.74, 6) is -2.96. The van der Waals surface area contributed by atoms with Crippen LogP contribution in [0.1, 0.15) is 28.4 Å². The minimum atomic E-state index is -1.27. The number of aromatic nitrogens is 1. The molecule has 1 aromatic heterocycles. The lowest BCUT2D eigenvalue weighted by Gasteiger charge is -2.16. The number of benzene rings is 1. The number of nitrogens with zero attached hydrogens (tertiary/aromatic N) is 1. The molecule has 0 spiro atoms. The smallest absolute Gasteiger partial charge is 0.277 e. The van der Waals surface area contributed by atoms with Gasteiger partial charge < -0.3 is 5.32 Å². The number of anilines is 2. The fraction of sp³-hybridized carbons (Fsp3) is 0.250. The summed E-state index contributed by atoms with van der Waals surface area (Å²) < 4.78 is 28.2. The Hall–Kier alpha value is -2.48. The number of amides is 1. The van der Waals surface area contributed by atoms with Gasteiger partial charge in [0.05, 0.1) is 17.9 Å². The van der Waals surface area contributed by atoms with Gasteiger partial charge in [0.25, 0.3) is 5.91 Å². The molecule has 0 aliphatic carbocycles. The van der Waals surface area contributed by atoms with Gasteiger partial charge in [-0.2, -0.15) is 0 Å². The van der Waals surface area contributed by atoms with Gasteiger partial charge in [-0.3, -0.25) is 9.63 Å². The maximum Gasteiger partial charge on any atom is 0.277 e. The number of aryl methyl sites for hydroxylation is 2. The molecular formula is C16H16BF2N3O2. The molecule has 0 aliphatic heterocycles. The Morgan fingerprint density at radius 2 is 2.00 bits per heavy atom. The summed E-state index contributed by atoms with van der Waals surface area (Å²) >= 11 is 0. The highest BCUT2D eigenvalue weighted by Gasteiger charge is 2.22. The Bertz CT molecular complexity index is 784. The second-order valence-electron chi connectivity index (χ2n) is 5.18. The third kappa shape index (κ3) is 3.71. The number of halogens is 2. The van der Waals surface area contributed by atoms with Crippen LogP contribution in [0, 0.1) is 25.5 Å². The summed E-state index contributed by atoms with van der Waals surface area (Å²) in [7, 11) is 5.42. The maximum atomic E-state index is 14.3. The molecule has 2 radical (unpaired) electrons. The zero-order chi connectivity index (χ0) is 17.9. The third-order valence-electron chi connectivity index (χ3n) is 3.25. The second-order valence-corrected chi connectivity index (χ2v) is 5.18. The molecule has 1 heterocycles. The molecule has 0 fully saturated rings. The van der Waals surface area contributed by atoms with Crippen LogP contribution in [-0.2, 0) is 4.84 Å². The molecule has 0 saturated heterocycles. The lowest BCUT2D eigenvalue weighted by molar-refractivity contribution is 0.0365. The van der Waals surface area contributed by atoms with Gasteiger partial charge >= 0.3 is 0 Å². The molecule has 0 aliphatic rings. The van der Waals surface area contributed by atoms with Crippen LogP contribution in [0.2, 0.25) is 0 Å².